The lowest BCUT2D eigenvalue weighted by atomic mass is 10.1. The largest absolute Gasteiger partial charge is 0.459 e. The summed E-state index contributed by atoms with van der Waals surface area (Å²) in [6, 6.07) is 16.1. The molecule has 0 radical (unpaired) electrons. The SMILES string of the molecule is O=C(COC(=O)CNC(=O)c1ccco1)N[C@@H](c1ccccc1)c1cccs1. The number of nitrogens with one attached hydrogen (secondary N) is 2. The third-order valence-corrected chi connectivity index (χ3v) is 4.71. The van der Waals surface area contributed by atoms with Crippen molar-refractivity contribution in [2.24, 2.45) is 0 Å². The highest BCUT2D eigenvalue weighted by Gasteiger charge is 2.19. The first-order chi connectivity index (χ1) is 13.6. The van der Waals surface area contributed by atoms with Crippen molar-refractivity contribution in [3.8, 4) is 0 Å². The van der Waals surface area contributed by atoms with Gasteiger partial charge >= 0.3 is 5.97 Å². The van der Waals surface area contributed by atoms with Crippen molar-refractivity contribution in [2.75, 3.05) is 13.2 Å². The average molecular weight is 398 g/mol. The first kappa shape index (κ1) is 19.4. The zero-order chi connectivity index (χ0) is 19.8. The summed E-state index contributed by atoms with van der Waals surface area (Å²) >= 11 is 1.52. The van der Waals surface area contributed by atoms with Gasteiger partial charge < -0.3 is 19.8 Å². The Balaban J connectivity index is 1.49. The lowest BCUT2D eigenvalue weighted by Gasteiger charge is -2.18. The molecule has 0 aliphatic heterocycles. The molecule has 0 saturated heterocycles. The number of hydrogen-bond donors (Lipinski definition) is 2. The van der Waals surface area contributed by atoms with Crippen molar-refractivity contribution in [3.05, 3.63) is 82.4 Å². The zero-order valence-corrected chi connectivity index (χ0v) is 15.6. The minimum absolute atomic E-state index is 0.0900. The van der Waals surface area contributed by atoms with Gasteiger partial charge in [-0.1, -0.05) is 36.4 Å². The molecule has 3 rings (SSSR count). The van der Waals surface area contributed by atoms with Crippen molar-refractivity contribution in [3.63, 3.8) is 0 Å². The van der Waals surface area contributed by atoms with Crippen LogP contribution in [0.4, 0.5) is 0 Å². The Kier molecular flexibility index (Phi) is 6.59. The number of thiophene rings is 1. The summed E-state index contributed by atoms with van der Waals surface area (Å²) in [6.07, 6.45) is 1.36. The van der Waals surface area contributed by atoms with Crippen molar-refractivity contribution < 1.29 is 23.5 Å². The molecular formula is C20H18N2O5S. The fraction of sp³-hybridized carbons (Fsp3) is 0.150. The first-order valence-electron chi connectivity index (χ1n) is 8.48. The highest BCUT2D eigenvalue weighted by Crippen LogP contribution is 2.25. The molecule has 2 aromatic heterocycles. The van der Waals surface area contributed by atoms with Gasteiger partial charge in [0, 0.05) is 4.88 Å². The topological polar surface area (TPSA) is 97.6 Å². The number of ether oxygens (including phenoxy) is 1. The van der Waals surface area contributed by atoms with Gasteiger partial charge in [-0.05, 0) is 29.1 Å². The fourth-order valence-corrected chi connectivity index (χ4v) is 3.27. The lowest BCUT2D eigenvalue weighted by Crippen LogP contribution is -2.35. The second-order valence-electron chi connectivity index (χ2n) is 5.75. The summed E-state index contributed by atoms with van der Waals surface area (Å²) in [7, 11) is 0. The molecule has 144 valence electrons. The molecule has 0 saturated carbocycles. The number of amides is 2. The molecule has 0 fully saturated rings. The van der Waals surface area contributed by atoms with Crippen LogP contribution in [0, 0.1) is 0 Å². The number of esters is 1. The number of hydrogen-bond acceptors (Lipinski definition) is 6. The number of carbonyl (C=O) groups excluding carboxylic acids is 3. The molecule has 2 heterocycles. The van der Waals surface area contributed by atoms with Gasteiger partial charge in [-0.3, -0.25) is 14.4 Å². The van der Waals surface area contributed by atoms with E-state index in [1.54, 1.807) is 6.07 Å². The predicted molar refractivity (Wildman–Crippen MR) is 103 cm³/mol. The third-order valence-electron chi connectivity index (χ3n) is 3.77. The van der Waals surface area contributed by atoms with Gasteiger partial charge in [-0.25, -0.2) is 0 Å². The summed E-state index contributed by atoms with van der Waals surface area (Å²) in [4.78, 5) is 36.7. The zero-order valence-electron chi connectivity index (χ0n) is 14.8. The Morgan fingerprint density at radius 2 is 1.86 bits per heavy atom. The minimum atomic E-state index is -0.720. The summed E-state index contributed by atoms with van der Waals surface area (Å²) in [5, 5.41) is 7.16. The van der Waals surface area contributed by atoms with Crippen LogP contribution in [0.5, 0.6) is 0 Å². The van der Waals surface area contributed by atoms with Gasteiger partial charge in [0.05, 0.1) is 12.3 Å². The van der Waals surface area contributed by atoms with Crippen LogP contribution in [0.2, 0.25) is 0 Å². The number of furan rings is 1. The van der Waals surface area contributed by atoms with Gasteiger partial charge in [-0.2, -0.15) is 0 Å². The van der Waals surface area contributed by atoms with E-state index in [0.717, 1.165) is 10.4 Å². The first-order valence-corrected chi connectivity index (χ1v) is 9.36. The van der Waals surface area contributed by atoms with Gasteiger partial charge in [0.15, 0.2) is 12.4 Å². The molecule has 8 heteroatoms. The molecule has 1 atom stereocenters. The van der Waals surface area contributed by atoms with Crippen LogP contribution in [-0.4, -0.2) is 30.9 Å². The van der Waals surface area contributed by atoms with E-state index >= 15 is 0 Å². The van der Waals surface area contributed by atoms with E-state index in [1.165, 1.54) is 23.7 Å². The summed E-state index contributed by atoms with van der Waals surface area (Å²) in [5.41, 5.74) is 0.926. The molecule has 2 amide bonds. The van der Waals surface area contributed by atoms with Crippen molar-refractivity contribution in [1.82, 2.24) is 10.6 Å². The quantitative estimate of drug-likeness (QED) is 0.568. The molecule has 1 aromatic carbocycles. The van der Waals surface area contributed by atoms with Gasteiger partial charge in [-0.15, -0.1) is 11.3 Å². The Bertz CT molecular complexity index is 908. The summed E-state index contributed by atoms with van der Waals surface area (Å²) in [5.74, 6) is -1.60. The van der Waals surface area contributed by atoms with E-state index in [1.807, 2.05) is 47.8 Å². The van der Waals surface area contributed by atoms with Crippen molar-refractivity contribution in [2.45, 2.75) is 6.04 Å². The predicted octanol–water partition coefficient (Wildman–Crippen LogP) is 2.52. The summed E-state index contributed by atoms with van der Waals surface area (Å²) < 4.78 is 9.85. The maximum Gasteiger partial charge on any atom is 0.325 e. The maximum atomic E-state index is 12.3. The molecule has 0 aliphatic rings. The molecule has 0 unspecified atom stereocenters. The molecule has 3 aromatic rings. The fourth-order valence-electron chi connectivity index (χ4n) is 2.47. The van der Waals surface area contributed by atoms with E-state index in [4.69, 9.17) is 9.15 Å². The molecule has 7 nitrogen and oxygen atoms in total. The Morgan fingerprint density at radius 1 is 1.04 bits per heavy atom. The van der Waals surface area contributed by atoms with Crippen LogP contribution >= 0.6 is 11.3 Å². The van der Waals surface area contributed by atoms with Gasteiger partial charge in [0.2, 0.25) is 0 Å². The van der Waals surface area contributed by atoms with Crippen LogP contribution in [-0.2, 0) is 14.3 Å². The van der Waals surface area contributed by atoms with Gasteiger partial charge in [0.1, 0.15) is 6.54 Å². The second kappa shape index (κ2) is 9.52. The highest BCUT2D eigenvalue weighted by atomic mass is 32.1. The Labute approximate surface area is 165 Å². The molecule has 0 bridgehead atoms. The highest BCUT2D eigenvalue weighted by molar-refractivity contribution is 7.10. The van der Waals surface area contributed by atoms with E-state index in [0.29, 0.717) is 0 Å². The van der Waals surface area contributed by atoms with Crippen LogP contribution in [0.15, 0.2) is 70.7 Å². The molecule has 2 N–H and O–H groups in total. The Hall–Kier alpha value is -3.39. The number of rotatable bonds is 8. The molecule has 28 heavy (non-hydrogen) atoms. The smallest absolute Gasteiger partial charge is 0.325 e. The standard InChI is InChI=1S/C20H18N2O5S/c23-17(13-27-18(24)12-21-20(25)15-8-4-10-26-15)22-19(16-9-5-11-28-16)14-6-2-1-3-7-14/h1-11,19H,12-13H2,(H,21,25)(H,22,23)/t19-/m0/s1. The van der Waals surface area contributed by atoms with E-state index in [9.17, 15) is 14.4 Å². The Morgan fingerprint density at radius 3 is 2.54 bits per heavy atom. The monoisotopic (exact) mass is 398 g/mol. The van der Waals surface area contributed by atoms with E-state index < -0.39 is 24.4 Å². The minimum Gasteiger partial charge on any atom is -0.459 e. The van der Waals surface area contributed by atoms with Crippen molar-refractivity contribution in [1.29, 1.82) is 0 Å². The third kappa shape index (κ3) is 5.31. The molecule has 0 spiro atoms. The van der Waals surface area contributed by atoms with Crippen LogP contribution in [0.1, 0.15) is 27.0 Å². The van der Waals surface area contributed by atoms with Crippen molar-refractivity contribution >= 4 is 29.1 Å². The van der Waals surface area contributed by atoms with Crippen LogP contribution < -0.4 is 10.6 Å². The lowest BCUT2D eigenvalue weighted by molar-refractivity contribution is -0.147. The summed E-state index contributed by atoms with van der Waals surface area (Å²) in [6.45, 7) is -0.802. The maximum absolute atomic E-state index is 12.3. The second-order valence-corrected chi connectivity index (χ2v) is 6.73. The van der Waals surface area contributed by atoms with E-state index in [2.05, 4.69) is 10.6 Å². The van der Waals surface area contributed by atoms with Crippen LogP contribution in [0.25, 0.3) is 0 Å². The van der Waals surface area contributed by atoms with Gasteiger partial charge in [0.25, 0.3) is 11.8 Å². The molecule has 0 aliphatic carbocycles. The number of benzene rings is 1. The van der Waals surface area contributed by atoms with E-state index in [-0.39, 0.29) is 18.3 Å². The number of carbonyl (C=O) groups is 3. The van der Waals surface area contributed by atoms with Crippen LogP contribution in [0.3, 0.4) is 0 Å². The molecular weight excluding hydrogens is 380 g/mol. The normalized spacial score (nSPS) is 11.4. The average Bonchev–Trinajstić information content (AvgIpc) is 3.43.